The Bertz CT molecular complexity index is 444. The van der Waals surface area contributed by atoms with Crippen molar-refractivity contribution in [3.8, 4) is 11.5 Å². The Kier molecular flexibility index (Phi) is 3.50. The number of fused-ring (bicyclic) bond motifs is 1. The third-order valence-corrected chi connectivity index (χ3v) is 3.49. The van der Waals surface area contributed by atoms with E-state index < -0.39 is 0 Å². The van der Waals surface area contributed by atoms with E-state index in [2.05, 4.69) is 13.8 Å². The molecule has 1 aromatic rings. The summed E-state index contributed by atoms with van der Waals surface area (Å²) in [5.74, 6) is 1.60. The lowest BCUT2D eigenvalue weighted by Gasteiger charge is -2.27. The zero-order chi connectivity index (χ0) is 13.3. The predicted molar refractivity (Wildman–Crippen MR) is 71.7 cm³/mol. The van der Waals surface area contributed by atoms with Crippen LogP contribution in [0, 0.1) is 12.3 Å². The first kappa shape index (κ1) is 13.2. The average Bonchev–Trinajstić information content (AvgIpc) is 2.74. The van der Waals surface area contributed by atoms with Gasteiger partial charge in [0.05, 0.1) is 0 Å². The fourth-order valence-corrected chi connectivity index (χ4v) is 2.25. The number of hydrogen-bond acceptors (Lipinski definition) is 4. The molecule has 0 spiro atoms. The van der Waals surface area contributed by atoms with Crippen molar-refractivity contribution in [2.24, 2.45) is 16.9 Å². The molecule has 0 aliphatic carbocycles. The summed E-state index contributed by atoms with van der Waals surface area (Å²) in [5, 5.41) is 0. The lowest BCUT2D eigenvalue weighted by molar-refractivity contribution is 0.174. The van der Waals surface area contributed by atoms with Crippen molar-refractivity contribution in [1.29, 1.82) is 0 Å². The fourth-order valence-electron chi connectivity index (χ4n) is 2.25. The molecule has 0 fully saturated rings. The first-order valence-corrected chi connectivity index (χ1v) is 6.29. The van der Waals surface area contributed by atoms with Gasteiger partial charge in [0.1, 0.15) is 0 Å². The van der Waals surface area contributed by atoms with E-state index in [1.54, 1.807) is 0 Å². The summed E-state index contributed by atoms with van der Waals surface area (Å²) in [6, 6.07) is 3.96. The van der Waals surface area contributed by atoms with Crippen LogP contribution in [0.4, 0.5) is 0 Å². The summed E-state index contributed by atoms with van der Waals surface area (Å²) in [4.78, 5) is 0. The minimum atomic E-state index is -0.0296. The molecule has 4 N–H and O–H groups in total. The Hall–Kier alpha value is -1.26. The lowest BCUT2D eigenvalue weighted by atomic mass is 9.83. The van der Waals surface area contributed by atoms with E-state index in [9.17, 15) is 0 Å². The highest BCUT2D eigenvalue weighted by Crippen LogP contribution is 2.38. The largest absolute Gasteiger partial charge is 0.454 e. The van der Waals surface area contributed by atoms with Crippen LogP contribution in [0.2, 0.25) is 0 Å². The third-order valence-electron chi connectivity index (χ3n) is 3.49. The summed E-state index contributed by atoms with van der Waals surface area (Å²) < 4.78 is 10.8. The molecular formula is C14H22N2O2. The standard InChI is InChI=1S/C14H22N2O2/c1-9-4-12-13(18-8-17-12)5-10(9)11(16)6-14(2,3)7-15/h4-5,11H,6-8,15-16H2,1-3H3. The summed E-state index contributed by atoms with van der Waals surface area (Å²) >= 11 is 0. The van der Waals surface area contributed by atoms with Gasteiger partial charge in [-0.25, -0.2) is 0 Å². The van der Waals surface area contributed by atoms with Gasteiger partial charge in [-0.1, -0.05) is 13.8 Å². The molecule has 100 valence electrons. The van der Waals surface area contributed by atoms with Gasteiger partial charge in [-0.3, -0.25) is 0 Å². The first-order valence-electron chi connectivity index (χ1n) is 6.29. The van der Waals surface area contributed by atoms with Gasteiger partial charge in [0.15, 0.2) is 11.5 Å². The second kappa shape index (κ2) is 4.78. The summed E-state index contributed by atoms with van der Waals surface area (Å²) in [5.41, 5.74) is 14.4. The monoisotopic (exact) mass is 250 g/mol. The van der Waals surface area contributed by atoms with Gasteiger partial charge < -0.3 is 20.9 Å². The Labute approximate surface area is 108 Å². The Morgan fingerprint density at radius 3 is 2.50 bits per heavy atom. The van der Waals surface area contributed by atoms with Crippen molar-refractivity contribution in [3.63, 3.8) is 0 Å². The zero-order valence-corrected chi connectivity index (χ0v) is 11.3. The number of ether oxygens (including phenoxy) is 2. The highest BCUT2D eigenvalue weighted by atomic mass is 16.7. The van der Waals surface area contributed by atoms with Gasteiger partial charge in [-0.05, 0) is 48.6 Å². The van der Waals surface area contributed by atoms with E-state index in [4.69, 9.17) is 20.9 Å². The molecule has 4 heteroatoms. The quantitative estimate of drug-likeness (QED) is 0.858. The van der Waals surface area contributed by atoms with Crippen LogP contribution >= 0.6 is 0 Å². The van der Waals surface area contributed by atoms with Crippen molar-refractivity contribution >= 4 is 0 Å². The Morgan fingerprint density at radius 2 is 1.89 bits per heavy atom. The van der Waals surface area contributed by atoms with E-state index in [0.717, 1.165) is 29.0 Å². The van der Waals surface area contributed by atoms with Crippen molar-refractivity contribution < 1.29 is 9.47 Å². The maximum Gasteiger partial charge on any atom is 0.231 e. The maximum absolute atomic E-state index is 6.30. The lowest BCUT2D eigenvalue weighted by Crippen LogP contribution is -2.28. The number of benzene rings is 1. The normalized spacial score (nSPS) is 15.8. The van der Waals surface area contributed by atoms with E-state index in [-0.39, 0.29) is 11.5 Å². The van der Waals surface area contributed by atoms with Crippen LogP contribution < -0.4 is 20.9 Å². The minimum absolute atomic E-state index is 0.0296. The minimum Gasteiger partial charge on any atom is -0.454 e. The number of nitrogens with two attached hydrogens (primary N) is 2. The second-order valence-electron chi connectivity index (χ2n) is 5.74. The third kappa shape index (κ3) is 2.60. The van der Waals surface area contributed by atoms with Gasteiger partial charge in [0, 0.05) is 6.04 Å². The second-order valence-corrected chi connectivity index (χ2v) is 5.74. The van der Waals surface area contributed by atoms with Crippen molar-refractivity contribution in [2.45, 2.75) is 33.2 Å². The highest BCUT2D eigenvalue weighted by molar-refractivity contribution is 5.49. The molecule has 0 bridgehead atoms. The van der Waals surface area contributed by atoms with E-state index in [0.29, 0.717) is 13.3 Å². The number of aryl methyl sites for hydroxylation is 1. The van der Waals surface area contributed by atoms with Gasteiger partial charge >= 0.3 is 0 Å². The Morgan fingerprint density at radius 1 is 1.28 bits per heavy atom. The molecular weight excluding hydrogens is 228 g/mol. The van der Waals surface area contributed by atoms with Crippen LogP contribution in [0.3, 0.4) is 0 Å². The SMILES string of the molecule is Cc1cc2c(cc1C(N)CC(C)(C)CN)OCO2. The summed E-state index contributed by atoms with van der Waals surface area (Å²) in [7, 11) is 0. The van der Waals surface area contributed by atoms with E-state index in [1.165, 1.54) is 0 Å². The van der Waals surface area contributed by atoms with E-state index >= 15 is 0 Å². The molecule has 18 heavy (non-hydrogen) atoms. The van der Waals surface area contributed by atoms with Crippen molar-refractivity contribution in [2.75, 3.05) is 13.3 Å². The number of hydrogen-bond donors (Lipinski definition) is 2. The van der Waals surface area contributed by atoms with Crippen LogP contribution in [0.15, 0.2) is 12.1 Å². The molecule has 0 amide bonds. The molecule has 0 radical (unpaired) electrons. The van der Waals surface area contributed by atoms with Gasteiger partial charge in [0.2, 0.25) is 6.79 Å². The molecule has 1 unspecified atom stereocenters. The predicted octanol–water partition coefficient (Wildman–Crippen LogP) is 2.10. The summed E-state index contributed by atoms with van der Waals surface area (Å²) in [6.45, 7) is 7.24. The molecule has 4 nitrogen and oxygen atoms in total. The van der Waals surface area contributed by atoms with Crippen LogP contribution in [-0.2, 0) is 0 Å². The Balaban J connectivity index is 2.23. The molecule has 1 heterocycles. The smallest absolute Gasteiger partial charge is 0.231 e. The van der Waals surface area contributed by atoms with Gasteiger partial charge in [0.25, 0.3) is 0 Å². The molecule has 0 aromatic heterocycles. The molecule has 0 saturated heterocycles. The molecule has 1 aliphatic heterocycles. The highest BCUT2D eigenvalue weighted by Gasteiger charge is 2.24. The first-order chi connectivity index (χ1) is 8.43. The van der Waals surface area contributed by atoms with Gasteiger partial charge in [-0.2, -0.15) is 0 Å². The molecule has 0 saturated carbocycles. The van der Waals surface area contributed by atoms with Gasteiger partial charge in [-0.15, -0.1) is 0 Å². The van der Waals surface area contributed by atoms with Crippen molar-refractivity contribution in [3.05, 3.63) is 23.3 Å². The van der Waals surface area contributed by atoms with Crippen LogP contribution in [0.5, 0.6) is 11.5 Å². The van der Waals surface area contributed by atoms with Crippen LogP contribution in [0.25, 0.3) is 0 Å². The van der Waals surface area contributed by atoms with E-state index in [1.807, 2.05) is 19.1 Å². The molecule has 1 atom stereocenters. The van der Waals surface area contributed by atoms with Crippen molar-refractivity contribution in [1.82, 2.24) is 0 Å². The average molecular weight is 250 g/mol. The topological polar surface area (TPSA) is 70.5 Å². The molecule has 1 aromatic carbocycles. The molecule has 2 rings (SSSR count). The maximum atomic E-state index is 6.30. The zero-order valence-electron chi connectivity index (χ0n) is 11.3. The van der Waals surface area contributed by atoms with Crippen LogP contribution in [-0.4, -0.2) is 13.3 Å². The molecule has 1 aliphatic rings. The fraction of sp³-hybridized carbons (Fsp3) is 0.571. The summed E-state index contributed by atoms with van der Waals surface area (Å²) in [6.07, 6.45) is 0.851. The van der Waals surface area contributed by atoms with Crippen LogP contribution in [0.1, 0.15) is 37.4 Å². The number of rotatable bonds is 4.